The van der Waals surface area contributed by atoms with E-state index in [1.54, 1.807) is 36.4 Å². The highest BCUT2D eigenvalue weighted by molar-refractivity contribution is 7.90. The number of halogens is 2. The van der Waals surface area contributed by atoms with Crippen LogP contribution in [0.15, 0.2) is 83.9 Å². The van der Waals surface area contributed by atoms with E-state index in [1.807, 2.05) is 0 Å². The molecule has 1 aliphatic rings. The van der Waals surface area contributed by atoms with Gasteiger partial charge in [-0.1, -0.05) is 18.2 Å². The Bertz CT molecular complexity index is 1740. The summed E-state index contributed by atoms with van der Waals surface area (Å²) < 4.78 is 59.8. The van der Waals surface area contributed by atoms with Gasteiger partial charge in [-0.25, -0.2) is 21.2 Å². The third-order valence-corrected chi connectivity index (χ3v) is 8.29. The lowest BCUT2D eigenvalue weighted by Gasteiger charge is -2.26. The monoisotopic (exact) mass is 567 g/mol. The Morgan fingerprint density at radius 3 is 2.38 bits per heavy atom. The summed E-state index contributed by atoms with van der Waals surface area (Å²) in [5.41, 5.74) is -1.33. The molecule has 1 N–H and O–H groups in total. The van der Waals surface area contributed by atoms with Crippen molar-refractivity contribution in [1.29, 1.82) is 0 Å². The molecule has 1 aliphatic heterocycles. The second-order valence-electron chi connectivity index (χ2n) is 9.26. The van der Waals surface area contributed by atoms with Gasteiger partial charge in [0.2, 0.25) is 0 Å². The van der Waals surface area contributed by atoms with Crippen LogP contribution in [0.3, 0.4) is 0 Å². The van der Waals surface area contributed by atoms with Crippen molar-refractivity contribution in [3.63, 3.8) is 0 Å². The van der Waals surface area contributed by atoms with Gasteiger partial charge < -0.3 is 15.0 Å². The van der Waals surface area contributed by atoms with E-state index in [2.05, 4.69) is 5.32 Å². The molecule has 40 heavy (non-hydrogen) atoms. The van der Waals surface area contributed by atoms with Crippen LogP contribution in [-0.4, -0.2) is 42.3 Å². The van der Waals surface area contributed by atoms with E-state index >= 15 is 0 Å². The fourth-order valence-corrected chi connectivity index (χ4v) is 6.14. The summed E-state index contributed by atoms with van der Waals surface area (Å²) in [5, 5.41) is 2.96. The van der Waals surface area contributed by atoms with Gasteiger partial charge in [0.05, 0.1) is 10.4 Å². The number of nitrogens with one attached hydrogen (secondary N) is 1. The van der Waals surface area contributed by atoms with Crippen molar-refractivity contribution in [3.05, 3.63) is 96.2 Å². The molecule has 1 unspecified atom stereocenters. The number of fused-ring (bicyclic) bond motifs is 1. The molecule has 0 aliphatic carbocycles. The van der Waals surface area contributed by atoms with Gasteiger partial charge in [0, 0.05) is 49.8 Å². The molecule has 12 heteroatoms. The number of hydrogen-bond acceptors (Lipinski definition) is 6. The van der Waals surface area contributed by atoms with Gasteiger partial charge in [0.15, 0.2) is 0 Å². The molecular weight excluding hydrogens is 544 g/mol. The number of anilines is 1. The topological polar surface area (TPSA) is 115 Å². The largest absolute Gasteiger partial charge is 0.439 e. The molecule has 1 saturated heterocycles. The number of carbonyl (C=O) groups excluding carboxylic acids is 3. The van der Waals surface area contributed by atoms with E-state index in [0.29, 0.717) is 22.7 Å². The van der Waals surface area contributed by atoms with Crippen LogP contribution >= 0.6 is 0 Å². The number of ether oxygens (including phenoxy) is 1. The molecule has 2 heterocycles. The van der Waals surface area contributed by atoms with Crippen LogP contribution in [0.4, 0.5) is 14.5 Å². The third kappa shape index (κ3) is 4.81. The molecular formula is C28H23F2N3O6S. The lowest BCUT2D eigenvalue weighted by Crippen LogP contribution is -2.55. The van der Waals surface area contributed by atoms with Crippen molar-refractivity contribution in [2.24, 2.45) is 0 Å². The normalized spacial score (nSPS) is 17.3. The van der Waals surface area contributed by atoms with Crippen molar-refractivity contribution in [2.45, 2.75) is 30.4 Å². The van der Waals surface area contributed by atoms with Gasteiger partial charge in [-0.3, -0.25) is 14.4 Å². The molecule has 0 bridgehead atoms. The molecule has 9 nitrogen and oxygen atoms in total. The molecule has 1 fully saturated rings. The molecule has 1 aromatic heterocycles. The first-order valence-electron chi connectivity index (χ1n) is 12.2. The summed E-state index contributed by atoms with van der Waals surface area (Å²) in [6, 6.07) is 17.0. The molecule has 1 atom stereocenters. The molecule has 0 spiro atoms. The Kier molecular flexibility index (Phi) is 6.88. The maximum Gasteiger partial charge on any atom is 0.304 e. The van der Waals surface area contributed by atoms with Crippen molar-refractivity contribution in [1.82, 2.24) is 9.29 Å². The number of rotatable bonds is 7. The maximum atomic E-state index is 13.6. The zero-order valence-corrected chi connectivity index (χ0v) is 22.0. The average molecular weight is 568 g/mol. The first-order chi connectivity index (χ1) is 19.0. The highest BCUT2D eigenvalue weighted by atomic mass is 32.2. The number of carbonyl (C=O) groups is 3. The fourth-order valence-electron chi connectivity index (χ4n) is 4.77. The predicted molar refractivity (Wildman–Crippen MR) is 141 cm³/mol. The molecule has 206 valence electrons. The Balaban J connectivity index is 1.42. The number of benzene rings is 3. The number of esters is 1. The van der Waals surface area contributed by atoms with Gasteiger partial charge in [0.25, 0.3) is 27.4 Å². The molecule has 5 rings (SSSR count). The minimum atomic E-state index is -3.86. The zero-order chi connectivity index (χ0) is 28.7. The first kappa shape index (κ1) is 27.0. The second-order valence-corrected chi connectivity index (χ2v) is 11.1. The van der Waals surface area contributed by atoms with Gasteiger partial charge in [-0.2, -0.15) is 0 Å². The summed E-state index contributed by atoms with van der Waals surface area (Å²) in [4.78, 5) is 40.1. The zero-order valence-electron chi connectivity index (χ0n) is 21.1. The highest BCUT2D eigenvalue weighted by Gasteiger charge is 2.56. The van der Waals surface area contributed by atoms with E-state index < -0.39 is 45.0 Å². The van der Waals surface area contributed by atoms with Gasteiger partial charge >= 0.3 is 5.97 Å². The predicted octanol–water partition coefficient (Wildman–Crippen LogP) is 3.51. The van der Waals surface area contributed by atoms with Crippen molar-refractivity contribution < 1.29 is 36.3 Å². The second kappa shape index (κ2) is 10.2. The van der Waals surface area contributed by atoms with Crippen LogP contribution < -0.4 is 10.2 Å². The minimum Gasteiger partial charge on any atom is -0.439 e. The van der Waals surface area contributed by atoms with Crippen molar-refractivity contribution in [2.75, 3.05) is 11.4 Å². The summed E-state index contributed by atoms with van der Waals surface area (Å²) in [7, 11) is -3.86. The van der Waals surface area contributed by atoms with Gasteiger partial charge in [0.1, 0.15) is 11.6 Å². The van der Waals surface area contributed by atoms with Crippen LogP contribution in [0, 0.1) is 11.6 Å². The lowest BCUT2D eigenvalue weighted by molar-refractivity contribution is -0.170. The molecule has 0 radical (unpaired) electrons. The molecule has 4 aromatic rings. The minimum absolute atomic E-state index is 0.0165. The third-order valence-electron chi connectivity index (χ3n) is 6.59. The van der Waals surface area contributed by atoms with Crippen LogP contribution in [0.2, 0.25) is 0 Å². The Hall–Kier alpha value is -4.58. The fraction of sp³-hybridized carbons (Fsp3) is 0.179. The molecule has 0 saturated carbocycles. The Morgan fingerprint density at radius 1 is 1.00 bits per heavy atom. The smallest absolute Gasteiger partial charge is 0.304 e. The standard InChI is InChI=1S/C28H23F2N3O6S/c1-18(34)39-28(26(35)31-17-19-13-21(29)16-22(30)14-19)10-12-32(27(28)36)23-7-8-25-20(15-23)9-11-33(25)40(37,38)24-5-3-2-4-6-24/h2-9,11,13-16H,10,12,17H2,1H3,(H,31,35). The van der Waals surface area contributed by atoms with Crippen LogP contribution in [0.5, 0.6) is 0 Å². The summed E-state index contributed by atoms with van der Waals surface area (Å²) in [6.45, 7) is 0.775. The number of hydrogen-bond donors (Lipinski definition) is 1. The SMILES string of the molecule is CC(=O)OC1(C(=O)NCc2cc(F)cc(F)c2)CCN(c2ccc3c(ccn3S(=O)(=O)c3ccccc3)c2)C1=O. The Morgan fingerprint density at radius 2 is 1.70 bits per heavy atom. The Labute approximate surface area is 228 Å². The van der Waals surface area contributed by atoms with Crippen LogP contribution in [-0.2, 0) is 35.7 Å². The summed E-state index contributed by atoms with van der Waals surface area (Å²) >= 11 is 0. The van der Waals surface area contributed by atoms with Gasteiger partial charge in [-0.15, -0.1) is 0 Å². The van der Waals surface area contributed by atoms with Crippen LogP contribution in [0.1, 0.15) is 18.9 Å². The number of nitrogens with zero attached hydrogens (tertiary/aromatic N) is 2. The first-order valence-corrected chi connectivity index (χ1v) is 13.6. The molecule has 2 amide bonds. The van der Waals surface area contributed by atoms with E-state index in [4.69, 9.17) is 4.74 Å². The van der Waals surface area contributed by atoms with E-state index in [9.17, 15) is 31.6 Å². The summed E-state index contributed by atoms with van der Waals surface area (Å²) in [6.07, 6.45) is 1.24. The van der Waals surface area contributed by atoms with Crippen molar-refractivity contribution in [3.8, 4) is 0 Å². The van der Waals surface area contributed by atoms with E-state index in [1.165, 1.54) is 29.3 Å². The highest BCUT2D eigenvalue weighted by Crippen LogP contribution is 2.34. The number of amides is 2. The van der Waals surface area contributed by atoms with Crippen LogP contribution in [0.25, 0.3) is 10.9 Å². The quantitative estimate of drug-likeness (QED) is 0.270. The van der Waals surface area contributed by atoms with E-state index in [-0.39, 0.29) is 30.0 Å². The average Bonchev–Trinajstić information content (AvgIpc) is 3.48. The van der Waals surface area contributed by atoms with E-state index in [0.717, 1.165) is 23.0 Å². The van der Waals surface area contributed by atoms with Crippen molar-refractivity contribution >= 4 is 44.4 Å². The molecule has 3 aromatic carbocycles. The van der Waals surface area contributed by atoms with Gasteiger partial charge in [-0.05, 0) is 54.1 Å². The summed E-state index contributed by atoms with van der Waals surface area (Å²) in [5.74, 6) is -4.26. The number of aromatic nitrogens is 1. The lowest BCUT2D eigenvalue weighted by atomic mass is 10.0. The maximum absolute atomic E-state index is 13.6.